The molecule has 94 valence electrons. The van der Waals surface area contributed by atoms with Crippen LogP contribution in [-0.4, -0.2) is 6.54 Å². The third-order valence-electron chi connectivity index (χ3n) is 3.24. The molecule has 0 bridgehead atoms. The van der Waals surface area contributed by atoms with Crippen molar-refractivity contribution >= 4 is 11.4 Å². The molecule has 0 aliphatic heterocycles. The molecule has 0 aliphatic carbocycles. The van der Waals surface area contributed by atoms with Crippen molar-refractivity contribution in [2.24, 2.45) is 5.73 Å². The highest BCUT2D eigenvalue weighted by molar-refractivity contribution is 5.64. The number of aryl methyl sites for hydroxylation is 1. The average molecular weight is 240 g/mol. The number of anilines is 2. The fraction of sp³-hybridized carbons (Fsp3) is 0.250. The standard InChI is InChI=1S/C16H20N2/c1-3-18(15-7-5-4-6-8-15)16-10-9-14(12-17)13(2)11-16/h4-11H,3,12,17H2,1-2H3. The van der Waals surface area contributed by atoms with Crippen LogP contribution < -0.4 is 10.6 Å². The zero-order valence-electron chi connectivity index (χ0n) is 11.1. The maximum atomic E-state index is 5.71. The summed E-state index contributed by atoms with van der Waals surface area (Å²) in [5, 5.41) is 0. The van der Waals surface area contributed by atoms with Gasteiger partial charge in [0.05, 0.1) is 0 Å². The van der Waals surface area contributed by atoms with Crippen molar-refractivity contribution in [1.82, 2.24) is 0 Å². The van der Waals surface area contributed by atoms with Gasteiger partial charge in [0.15, 0.2) is 0 Å². The van der Waals surface area contributed by atoms with Gasteiger partial charge in [-0.2, -0.15) is 0 Å². The third kappa shape index (κ3) is 2.54. The summed E-state index contributed by atoms with van der Waals surface area (Å²) in [7, 11) is 0. The number of hydrogen-bond acceptors (Lipinski definition) is 2. The summed E-state index contributed by atoms with van der Waals surface area (Å²) in [5.74, 6) is 0. The second kappa shape index (κ2) is 5.69. The number of hydrogen-bond donors (Lipinski definition) is 1. The van der Waals surface area contributed by atoms with E-state index in [0.29, 0.717) is 6.54 Å². The van der Waals surface area contributed by atoms with Gasteiger partial charge in [-0.05, 0) is 49.2 Å². The molecule has 0 spiro atoms. The highest BCUT2D eigenvalue weighted by Gasteiger charge is 2.07. The molecule has 0 saturated carbocycles. The first-order valence-electron chi connectivity index (χ1n) is 6.38. The van der Waals surface area contributed by atoms with Crippen molar-refractivity contribution < 1.29 is 0 Å². The number of rotatable bonds is 4. The Bertz CT molecular complexity index is 506. The lowest BCUT2D eigenvalue weighted by Crippen LogP contribution is -2.16. The Kier molecular flexibility index (Phi) is 4.00. The van der Waals surface area contributed by atoms with Crippen LogP contribution in [0, 0.1) is 6.92 Å². The van der Waals surface area contributed by atoms with Gasteiger partial charge in [0.2, 0.25) is 0 Å². The Morgan fingerprint density at radius 1 is 1.00 bits per heavy atom. The monoisotopic (exact) mass is 240 g/mol. The van der Waals surface area contributed by atoms with Gasteiger partial charge >= 0.3 is 0 Å². The van der Waals surface area contributed by atoms with Crippen LogP contribution in [0.25, 0.3) is 0 Å². The molecule has 2 aromatic rings. The number of nitrogens with zero attached hydrogens (tertiary/aromatic N) is 1. The molecular formula is C16H20N2. The van der Waals surface area contributed by atoms with E-state index < -0.39 is 0 Å². The molecule has 0 radical (unpaired) electrons. The minimum absolute atomic E-state index is 0.601. The Balaban J connectivity index is 2.37. The van der Waals surface area contributed by atoms with E-state index in [9.17, 15) is 0 Å². The maximum Gasteiger partial charge on any atom is 0.0413 e. The molecule has 0 aliphatic rings. The Morgan fingerprint density at radius 2 is 1.72 bits per heavy atom. The Morgan fingerprint density at radius 3 is 2.28 bits per heavy atom. The van der Waals surface area contributed by atoms with Gasteiger partial charge in [-0.25, -0.2) is 0 Å². The fourth-order valence-corrected chi connectivity index (χ4v) is 2.20. The molecule has 0 unspecified atom stereocenters. The Labute approximate surface area is 109 Å². The third-order valence-corrected chi connectivity index (χ3v) is 3.24. The van der Waals surface area contributed by atoms with Gasteiger partial charge in [0.1, 0.15) is 0 Å². The predicted molar refractivity (Wildman–Crippen MR) is 78.2 cm³/mol. The van der Waals surface area contributed by atoms with Crippen molar-refractivity contribution in [3.8, 4) is 0 Å². The lowest BCUT2D eigenvalue weighted by Gasteiger charge is -2.24. The molecule has 0 amide bonds. The molecule has 0 heterocycles. The van der Waals surface area contributed by atoms with Gasteiger partial charge in [0.25, 0.3) is 0 Å². The number of benzene rings is 2. The molecule has 0 fully saturated rings. The summed E-state index contributed by atoms with van der Waals surface area (Å²) in [6, 6.07) is 16.9. The summed E-state index contributed by atoms with van der Waals surface area (Å²) in [5.41, 5.74) is 10.6. The molecule has 2 N–H and O–H groups in total. The summed E-state index contributed by atoms with van der Waals surface area (Å²) < 4.78 is 0. The number of nitrogens with two attached hydrogens (primary N) is 1. The van der Waals surface area contributed by atoms with Crippen LogP contribution in [-0.2, 0) is 6.54 Å². The van der Waals surface area contributed by atoms with E-state index in [1.165, 1.54) is 22.5 Å². The van der Waals surface area contributed by atoms with Crippen LogP contribution in [0.4, 0.5) is 11.4 Å². The normalized spacial score (nSPS) is 10.4. The zero-order valence-corrected chi connectivity index (χ0v) is 11.1. The Hall–Kier alpha value is -1.80. The van der Waals surface area contributed by atoms with Crippen LogP contribution in [0.1, 0.15) is 18.1 Å². The van der Waals surface area contributed by atoms with E-state index in [0.717, 1.165) is 6.54 Å². The molecule has 2 heteroatoms. The second-order valence-electron chi connectivity index (χ2n) is 4.39. The highest BCUT2D eigenvalue weighted by Crippen LogP contribution is 2.26. The maximum absolute atomic E-state index is 5.71. The van der Waals surface area contributed by atoms with Gasteiger partial charge < -0.3 is 10.6 Å². The van der Waals surface area contributed by atoms with Crippen LogP contribution >= 0.6 is 0 Å². The zero-order chi connectivity index (χ0) is 13.0. The first-order chi connectivity index (χ1) is 8.76. The first kappa shape index (κ1) is 12.7. The van der Waals surface area contributed by atoms with Gasteiger partial charge in [0, 0.05) is 24.5 Å². The van der Waals surface area contributed by atoms with Crippen molar-refractivity contribution in [2.75, 3.05) is 11.4 Å². The lowest BCUT2D eigenvalue weighted by molar-refractivity contribution is 1.01. The molecule has 0 aromatic heterocycles. The molecule has 0 saturated heterocycles. The second-order valence-corrected chi connectivity index (χ2v) is 4.39. The van der Waals surface area contributed by atoms with E-state index >= 15 is 0 Å². The molecule has 2 aromatic carbocycles. The summed E-state index contributed by atoms with van der Waals surface area (Å²) in [6.07, 6.45) is 0. The summed E-state index contributed by atoms with van der Waals surface area (Å²) >= 11 is 0. The quantitative estimate of drug-likeness (QED) is 0.884. The molecule has 2 rings (SSSR count). The fourth-order valence-electron chi connectivity index (χ4n) is 2.20. The van der Waals surface area contributed by atoms with Gasteiger partial charge in [-0.15, -0.1) is 0 Å². The van der Waals surface area contributed by atoms with E-state index in [-0.39, 0.29) is 0 Å². The molecule has 0 atom stereocenters. The topological polar surface area (TPSA) is 29.3 Å². The van der Waals surface area contributed by atoms with Crippen molar-refractivity contribution in [3.63, 3.8) is 0 Å². The minimum atomic E-state index is 0.601. The average Bonchev–Trinajstić information content (AvgIpc) is 2.41. The van der Waals surface area contributed by atoms with Crippen molar-refractivity contribution in [2.45, 2.75) is 20.4 Å². The smallest absolute Gasteiger partial charge is 0.0413 e. The SMILES string of the molecule is CCN(c1ccccc1)c1ccc(CN)c(C)c1. The largest absolute Gasteiger partial charge is 0.342 e. The van der Waals surface area contributed by atoms with Crippen LogP contribution in [0.3, 0.4) is 0 Å². The first-order valence-corrected chi connectivity index (χ1v) is 6.38. The van der Waals surface area contributed by atoms with E-state index in [1.54, 1.807) is 0 Å². The van der Waals surface area contributed by atoms with Crippen LogP contribution in [0.15, 0.2) is 48.5 Å². The van der Waals surface area contributed by atoms with Crippen LogP contribution in [0.5, 0.6) is 0 Å². The molecule has 18 heavy (non-hydrogen) atoms. The van der Waals surface area contributed by atoms with Crippen molar-refractivity contribution in [1.29, 1.82) is 0 Å². The van der Waals surface area contributed by atoms with Gasteiger partial charge in [-0.1, -0.05) is 24.3 Å². The van der Waals surface area contributed by atoms with E-state index in [2.05, 4.69) is 61.2 Å². The molecular weight excluding hydrogens is 220 g/mol. The van der Waals surface area contributed by atoms with Crippen LogP contribution in [0.2, 0.25) is 0 Å². The van der Waals surface area contributed by atoms with E-state index in [4.69, 9.17) is 5.73 Å². The van der Waals surface area contributed by atoms with E-state index in [1.807, 2.05) is 6.07 Å². The summed E-state index contributed by atoms with van der Waals surface area (Å²) in [6.45, 7) is 5.83. The molecule has 2 nitrogen and oxygen atoms in total. The highest BCUT2D eigenvalue weighted by atomic mass is 15.1. The van der Waals surface area contributed by atoms with Crippen molar-refractivity contribution in [3.05, 3.63) is 59.7 Å². The number of para-hydroxylation sites is 1. The minimum Gasteiger partial charge on any atom is -0.342 e. The summed E-state index contributed by atoms with van der Waals surface area (Å²) in [4.78, 5) is 2.30. The predicted octanol–water partition coefficient (Wildman–Crippen LogP) is 3.61. The lowest BCUT2D eigenvalue weighted by atomic mass is 10.1. The van der Waals surface area contributed by atoms with Gasteiger partial charge in [-0.3, -0.25) is 0 Å².